The molecule has 0 aliphatic carbocycles. The van der Waals surface area contributed by atoms with Gasteiger partial charge in [0.2, 0.25) is 0 Å². The summed E-state index contributed by atoms with van der Waals surface area (Å²) in [6, 6.07) is 3.40. The third kappa shape index (κ3) is 3.52. The molecule has 1 amide bonds. The third-order valence-electron chi connectivity index (χ3n) is 2.91. The minimum Gasteiger partial charge on any atom is -0.370 e. The smallest absolute Gasteiger partial charge is 0.275 e. The minimum atomic E-state index is -0.345. The first-order chi connectivity index (χ1) is 10.0. The van der Waals surface area contributed by atoms with Crippen LogP contribution in [0.25, 0.3) is 0 Å². The van der Waals surface area contributed by atoms with Crippen LogP contribution >= 0.6 is 11.6 Å². The summed E-state index contributed by atoms with van der Waals surface area (Å²) >= 11 is 6.06. The SMILES string of the molecule is CCNc1ccc(Cl)c(C(=O)Nc2cn(C)nc2CC)n1. The van der Waals surface area contributed by atoms with Gasteiger partial charge in [-0.25, -0.2) is 4.98 Å². The van der Waals surface area contributed by atoms with Gasteiger partial charge in [-0.1, -0.05) is 18.5 Å². The van der Waals surface area contributed by atoms with Crippen LogP contribution in [0.4, 0.5) is 11.5 Å². The zero-order valence-electron chi connectivity index (χ0n) is 12.3. The van der Waals surface area contributed by atoms with Gasteiger partial charge in [-0.3, -0.25) is 9.48 Å². The van der Waals surface area contributed by atoms with E-state index in [1.807, 2.05) is 20.9 Å². The Hall–Kier alpha value is -2.08. The molecular formula is C14H18ClN5O. The van der Waals surface area contributed by atoms with Crippen LogP contribution in [0.1, 0.15) is 30.0 Å². The Bertz CT molecular complexity index is 653. The number of aryl methyl sites for hydroxylation is 2. The lowest BCUT2D eigenvalue weighted by Crippen LogP contribution is -2.16. The summed E-state index contributed by atoms with van der Waals surface area (Å²) < 4.78 is 1.67. The first kappa shape index (κ1) is 15.3. The molecule has 21 heavy (non-hydrogen) atoms. The van der Waals surface area contributed by atoms with Crippen LogP contribution in [0.5, 0.6) is 0 Å². The van der Waals surface area contributed by atoms with E-state index in [-0.39, 0.29) is 11.6 Å². The van der Waals surface area contributed by atoms with Gasteiger partial charge in [0, 0.05) is 19.8 Å². The Balaban J connectivity index is 2.25. The molecule has 2 heterocycles. The van der Waals surface area contributed by atoms with Crippen molar-refractivity contribution in [1.82, 2.24) is 14.8 Å². The lowest BCUT2D eigenvalue weighted by Gasteiger charge is -2.08. The number of aromatic nitrogens is 3. The maximum atomic E-state index is 12.3. The third-order valence-corrected chi connectivity index (χ3v) is 3.21. The molecule has 0 radical (unpaired) electrons. The molecule has 0 unspecified atom stereocenters. The van der Waals surface area contributed by atoms with Gasteiger partial charge >= 0.3 is 0 Å². The van der Waals surface area contributed by atoms with Gasteiger partial charge in [-0.05, 0) is 25.5 Å². The van der Waals surface area contributed by atoms with Gasteiger partial charge in [-0.15, -0.1) is 0 Å². The van der Waals surface area contributed by atoms with Crippen molar-refractivity contribution in [2.75, 3.05) is 17.2 Å². The van der Waals surface area contributed by atoms with Gasteiger partial charge < -0.3 is 10.6 Å². The Morgan fingerprint density at radius 2 is 2.14 bits per heavy atom. The highest BCUT2D eigenvalue weighted by atomic mass is 35.5. The lowest BCUT2D eigenvalue weighted by molar-refractivity contribution is 0.102. The van der Waals surface area contributed by atoms with E-state index in [0.717, 1.165) is 18.7 Å². The van der Waals surface area contributed by atoms with Gasteiger partial charge in [0.1, 0.15) is 11.5 Å². The summed E-state index contributed by atoms with van der Waals surface area (Å²) in [5, 5.41) is 10.5. The molecule has 7 heteroatoms. The van der Waals surface area contributed by atoms with Crippen LogP contribution in [0.15, 0.2) is 18.3 Å². The highest BCUT2D eigenvalue weighted by Gasteiger charge is 2.16. The molecule has 2 N–H and O–H groups in total. The molecule has 0 fully saturated rings. The number of carbonyl (C=O) groups excluding carboxylic acids is 1. The fourth-order valence-electron chi connectivity index (χ4n) is 1.96. The quantitative estimate of drug-likeness (QED) is 0.891. The second-order valence-electron chi connectivity index (χ2n) is 4.53. The minimum absolute atomic E-state index is 0.195. The second-order valence-corrected chi connectivity index (χ2v) is 4.94. The zero-order valence-corrected chi connectivity index (χ0v) is 13.0. The standard InChI is InChI=1S/C14H18ClN5O/c1-4-10-11(8-20(3)19-10)17-14(21)13-9(15)6-7-12(18-13)16-5-2/h6-8H,4-5H2,1-3H3,(H,16,18)(H,17,21). The van der Waals surface area contributed by atoms with Crippen LogP contribution in [0, 0.1) is 0 Å². The van der Waals surface area contributed by atoms with Gasteiger partial charge in [0.05, 0.1) is 16.4 Å². The first-order valence-corrected chi connectivity index (χ1v) is 7.17. The molecule has 112 valence electrons. The van der Waals surface area contributed by atoms with Crippen molar-refractivity contribution in [2.24, 2.45) is 7.05 Å². The van der Waals surface area contributed by atoms with Crippen LogP contribution in [0.3, 0.4) is 0 Å². The average molecular weight is 308 g/mol. The number of pyridine rings is 1. The van der Waals surface area contributed by atoms with Crippen LogP contribution in [-0.2, 0) is 13.5 Å². The maximum Gasteiger partial charge on any atom is 0.275 e. The number of hydrogen-bond donors (Lipinski definition) is 2. The first-order valence-electron chi connectivity index (χ1n) is 6.79. The van der Waals surface area contributed by atoms with E-state index in [4.69, 9.17) is 11.6 Å². The van der Waals surface area contributed by atoms with Crippen molar-refractivity contribution in [2.45, 2.75) is 20.3 Å². The number of nitrogens with one attached hydrogen (secondary N) is 2. The summed E-state index contributed by atoms with van der Waals surface area (Å²) in [4.78, 5) is 16.6. The fourth-order valence-corrected chi connectivity index (χ4v) is 2.15. The van der Waals surface area contributed by atoms with Crippen molar-refractivity contribution in [3.8, 4) is 0 Å². The molecule has 0 saturated heterocycles. The Morgan fingerprint density at radius 1 is 1.38 bits per heavy atom. The van der Waals surface area contributed by atoms with Gasteiger partial charge in [0.25, 0.3) is 5.91 Å². The lowest BCUT2D eigenvalue weighted by atomic mass is 10.2. The largest absolute Gasteiger partial charge is 0.370 e. The number of halogens is 1. The molecule has 6 nitrogen and oxygen atoms in total. The van der Waals surface area contributed by atoms with E-state index in [1.165, 1.54) is 0 Å². The van der Waals surface area contributed by atoms with Crippen molar-refractivity contribution >= 4 is 29.0 Å². The van der Waals surface area contributed by atoms with E-state index in [1.54, 1.807) is 23.0 Å². The Labute approximate surface area is 128 Å². The van der Waals surface area contributed by atoms with Crippen molar-refractivity contribution in [3.63, 3.8) is 0 Å². The van der Waals surface area contributed by atoms with Crippen molar-refractivity contribution in [1.29, 1.82) is 0 Å². The van der Waals surface area contributed by atoms with E-state index in [2.05, 4.69) is 20.7 Å². The predicted octanol–water partition coefficient (Wildman–Crippen LogP) is 2.72. The van der Waals surface area contributed by atoms with Crippen LogP contribution < -0.4 is 10.6 Å². The van der Waals surface area contributed by atoms with E-state index >= 15 is 0 Å². The molecular weight excluding hydrogens is 290 g/mol. The molecule has 0 aliphatic rings. The Kier molecular flexibility index (Phi) is 4.80. The maximum absolute atomic E-state index is 12.3. The molecule has 0 saturated carbocycles. The highest BCUT2D eigenvalue weighted by molar-refractivity contribution is 6.34. The van der Waals surface area contributed by atoms with Crippen LogP contribution in [-0.4, -0.2) is 27.2 Å². The van der Waals surface area contributed by atoms with Gasteiger partial charge in [-0.2, -0.15) is 5.10 Å². The van der Waals surface area contributed by atoms with E-state index in [0.29, 0.717) is 16.5 Å². The highest BCUT2D eigenvalue weighted by Crippen LogP contribution is 2.20. The average Bonchev–Trinajstić information content (AvgIpc) is 2.81. The van der Waals surface area contributed by atoms with E-state index in [9.17, 15) is 4.79 Å². The molecule has 0 aliphatic heterocycles. The second kappa shape index (κ2) is 6.58. The number of carbonyl (C=O) groups is 1. The summed E-state index contributed by atoms with van der Waals surface area (Å²) in [6.07, 6.45) is 2.49. The molecule has 0 spiro atoms. The molecule has 2 aromatic rings. The number of rotatable bonds is 5. The van der Waals surface area contributed by atoms with Crippen LogP contribution in [0.2, 0.25) is 5.02 Å². The summed E-state index contributed by atoms with van der Waals surface area (Å²) in [7, 11) is 1.81. The van der Waals surface area contributed by atoms with Crippen molar-refractivity contribution < 1.29 is 4.79 Å². The number of amides is 1. The molecule has 0 bridgehead atoms. The summed E-state index contributed by atoms with van der Waals surface area (Å²) in [6.45, 7) is 4.66. The zero-order chi connectivity index (χ0) is 15.4. The number of hydrogen-bond acceptors (Lipinski definition) is 4. The Morgan fingerprint density at radius 3 is 2.81 bits per heavy atom. The van der Waals surface area contributed by atoms with E-state index < -0.39 is 0 Å². The molecule has 2 rings (SSSR count). The number of nitrogens with zero attached hydrogens (tertiary/aromatic N) is 3. The monoisotopic (exact) mass is 307 g/mol. The summed E-state index contributed by atoms with van der Waals surface area (Å²) in [5.74, 6) is 0.274. The van der Waals surface area contributed by atoms with Gasteiger partial charge in [0.15, 0.2) is 0 Å². The molecule has 0 atom stereocenters. The fraction of sp³-hybridized carbons (Fsp3) is 0.357. The summed E-state index contributed by atoms with van der Waals surface area (Å²) in [5.41, 5.74) is 1.70. The molecule has 2 aromatic heterocycles. The molecule has 0 aromatic carbocycles. The predicted molar refractivity (Wildman–Crippen MR) is 83.9 cm³/mol. The van der Waals surface area contributed by atoms with Crippen molar-refractivity contribution in [3.05, 3.63) is 34.7 Å². The topological polar surface area (TPSA) is 71.8 Å². The number of anilines is 2. The normalized spacial score (nSPS) is 10.5.